The van der Waals surface area contributed by atoms with E-state index in [-0.39, 0.29) is 12.4 Å². The maximum atomic E-state index is 5.32. The molecule has 0 aliphatic rings. The average molecular weight is 468 g/mol. The summed E-state index contributed by atoms with van der Waals surface area (Å²) in [6.45, 7) is 0.978. The number of aromatic nitrogens is 3. The summed E-state index contributed by atoms with van der Waals surface area (Å²) in [7, 11) is 1.70. The van der Waals surface area contributed by atoms with E-state index < -0.39 is 0 Å². The summed E-state index contributed by atoms with van der Waals surface area (Å²) in [6, 6.07) is 29.9. The van der Waals surface area contributed by atoms with Crippen molar-refractivity contribution < 1.29 is 21.5 Å². The summed E-state index contributed by atoms with van der Waals surface area (Å²) in [5, 5.41) is 2.62. The number of hydrogen-bond donors (Lipinski definition) is 0. The second-order valence-electron chi connectivity index (χ2n) is 8.48. The minimum Gasteiger partial charge on any atom is -1.00 e. The van der Waals surface area contributed by atoms with Crippen molar-refractivity contribution in [2.45, 2.75) is 19.4 Å². The zero-order chi connectivity index (χ0) is 22.2. The van der Waals surface area contributed by atoms with Crippen molar-refractivity contribution in [3.8, 4) is 11.4 Å². The second kappa shape index (κ2) is 9.24. The van der Waals surface area contributed by atoms with Gasteiger partial charge in [-0.05, 0) is 54.8 Å². The van der Waals surface area contributed by atoms with Crippen LogP contribution in [0.2, 0.25) is 0 Å². The third kappa shape index (κ3) is 3.80. The summed E-state index contributed by atoms with van der Waals surface area (Å²) >= 11 is 0. The molecule has 3 aromatic carbocycles. The average Bonchev–Trinajstić information content (AvgIpc) is 3.44. The summed E-state index contributed by atoms with van der Waals surface area (Å²) < 4.78 is 12.2. The van der Waals surface area contributed by atoms with Crippen molar-refractivity contribution in [1.82, 2.24) is 9.13 Å². The molecular weight excluding hydrogens is 442 g/mol. The number of halogens is 1. The highest BCUT2D eigenvalue weighted by molar-refractivity contribution is 6.11. The van der Waals surface area contributed by atoms with E-state index in [1.54, 1.807) is 7.11 Å². The fraction of sp³-hybridized carbons (Fsp3) is 0.138. The van der Waals surface area contributed by atoms with Gasteiger partial charge in [0.1, 0.15) is 23.2 Å². The summed E-state index contributed by atoms with van der Waals surface area (Å²) in [5.74, 6) is 0.865. The van der Waals surface area contributed by atoms with Gasteiger partial charge in [-0.15, -0.1) is 0 Å². The molecule has 0 unspecified atom stereocenters. The minimum absolute atomic E-state index is 0. The lowest BCUT2D eigenvalue weighted by Gasteiger charge is -2.07. The van der Waals surface area contributed by atoms with E-state index in [0.29, 0.717) is 0 Å². The van der Waals surface area contributed by atoms with Gasteiger partial charge < -0.3 is 21.7 Å². The number of methoxy groups -OCH3 is 1. The summed E-state index contributed by atoms with van der Waals surface area (Å²) in [4.78, 5) is 0. The molecule has 0 bridgehead atoms. The topological polar surface area (TPSA) is 23.2 Å². The van der Waals surface area contributed by atoms with Gasteiger partial charge in [-0.2, -0.15) is 0 Å². The number of ether oxygens (including phenoxy) is 1. The molecule has 4 nitrogen and oxygen atoms in total. The fourth-order valence-corrected chi connectivity index (χ4v) is 4.87. The van der Waals surface area contributed by atoms with Crippen LogP contribution in [0.25, 0.3) is 33.0 Å². The van der Waals surface area contributed by atoms with E-state index in [9.17, 15) is 0 Å². The number of nitrogens with zero attached hydrogens (tertiary/aromatic N) is 3. The third-order valence-corrected chi connectivity index (χ3v) is 6.50. The molecule has 0 N–H and O–H groups in total. The smallest absolute Gasteiger partial charge is 0.254 e. The van der Waals surface area contributed by atoms with E-state index in [1.807, 2.05) is 12.1 Å². The zero-order valence-electron chi connectivity index (χ0n) is 19.1. The van der Waals surface area contributed by atoms with Gasteiger partial charge in [-0.1, -0.05) is 48.5 Å². The van der Waals surface area contributed by atoms with Gasteiger partial charge in [0.25, 0.3) is 6.33 Å². The van der Waals surface area contributed by atoms with E-state index >= 15 is 0 Å². The van der Waals surface area contributed by atoms with Crippen molar-refractivity contribution in [3.63, 3.8) is 0 Å². The Morgan fingerprint density at radius 2 is 1.59 bits per heavy atom. The second-order valence-corrected chi connectivity index (χ2v) is 8.48. The highest BCUT2D eigenvalue weighted by atomic mass is 35.5. The molecule has 34 heavy (non-hydrogen) atoms. The van der Waals surface area contributed by atoms with Crippen LogP contribution in [0.15, 0.2) is 104 Å². The number of para-hydroxylation sites is 1. The van der Waals surface area contributed by atoms with Gasteiger partial charge in [0.05, 0.1) is 13.3 Å². The largest absolute Gasteiger partial charge is 1.00 e. The molecule has 3 heterocycles. The summed E-state index contributed by atoms with van der Waals surface area (Å²) in [5.41, 5.74) is 6.30. The molecule has 0 atom stereocenters. The Bertz CT molecular complexity index is 1570. The van der Waals surface area contributed by atoms with Crippen LogP contribution in [0.3, 0.4) is 0 Å². The minimum atomic E-state index is 0. The Morgan fingerprint density at radius 1 is 0.824 bits per heavy atom. The van der Waals surface area contributed by atoms with Crippen LogP contribution in [0.5, 0.6) is 5.75 Å². The summed E-state index contributed by atoms with van der Waals surface area (Å²) in [6.07, 6.45) is 8.71. The normalized spacial score (nSPS) is 11.2. The molecule has 6 rings (SSSR count). The molecule has 0 spiro atoms. The predicted octanol–water partition coefficient (Wildman–Crippen LogP) is 2.97. The van der Waals surface area contributed by atoms with E-state index in [4.69, 9.17) is 4.74 Å². The Labute approximate surface area is 205 Å². The molecule has 0 radical (unpaired) electrons. The molecule has 0 saturated carbocycles. The van der Waals surface area contributed by atoms with Crippen LogP contribution in [0.1, 0.15) is 12.0 Å². The number of pyridine rings is 1. The first-order valence-electron chi connectivity index (χ1n) is 11.4. The fourth-order valence-electron chi connectivity index (χ4n) is 4.87. The first-order valence-corrected chi connectivity index (χ1v) is 11.4. The molecule has 0 fully saturated rings. The number of rotatable bonds is 6. The van der Waals surface area contributed by atoms with Gasteiger partial charge in [0, 0.05) is 22.8 Å². The first-order chi connectivity index (χ1) is 16.3. The van der Waals surface area contributed by atoms with E-state index in [1.165, 1.54) is 32.9 Å². The van der Waals surface area contributed by atoms with Crippen molar-refractivity contribution in [2.24, 2.45) is 0 Å². The molecule has 0 amide bonds. The number of hydrogen-bond acceptors (Lipinski definition) is 1. The van der Waals surface area contributed by atoms with Crippen molar-refractivity contribution >= 4 is 27.3 Å². The molecule has 0 saturated heterocycles. The number of fused-ring (bicyclic) bond motifs is 5. The molecule has 0 aliphatic heterocycles. The standard InChI is InChI=1S/C29H26N3O.ClH/c1-33-24-15-13-23(14-16-24)31-20-28-29-26(17-19-30(28)21-31)25-11-5-6-12-27(25)32(29)18-7-10-22-8-3-2-4-9-22;/h2-6,8-9,11-17,19-21H,7,10,18H2,1H3;1H/q+1;/p-1. The lowest BCUT2D eigenvalue weighted by Crippen LogP contribution is -3.00. The number of aryl methyl sites for hydroxylation is 2. The monoisotopic (exact) mass is 467 g/mol. The van der Waals surface area contributed by atoms with Gasteiger partial charge in [-0.3, -0.25) is 0 Å². The Kier molecular flexibility index (Phi) is 5.99. The lowest BCUT2D eigenvalue weighted by atomic mass is 10.1. The van der Waals surface area contributed by atoms with Crippen LogP contribution in [0.4, 0.5) is 0 Å². The van der Waals surface area contributed by atoms with Crippen LogP contribution in [0, 0.1) is 0 Å². The third-order valence-electron chi connectivity index (χ3n) is 6.50. The van der Waals surface area contributed by atoms with E-state index in [2.05, 4.69) is 105 Å². The van der Waals surface area contributed by atoms with Crippen molar-refractivity contribution in [1.29, 1.82) is 0 Å². The number of benzene rings is 3. The van der Waals surface area contributed by atoms with Crippen LogP contribution in [-0.2, 0) is 13.0 Å². The van der Waals surface area contributed by atoms with Crippen molar-refractivity contribution in [3.05, 3.63) is 109 Å². The SMILES string of the molecule is COc1ccc(-n2cc3c4c(cc[n+]3c2)c2ccccc2n4CCCc2ccccc2)cc1.[Cl-]. The molecule has 0 aliphatic carbocycles. The maximum Gasteiger partial charge on any atom is 0.254 e. The van der Waals surface area contributed by atoms with Crippen LogP contribution >= 0.6 is 0 Å². The first kappa shape index (κ1) is 22.1. The molecule has 3 aromatic heterocycles. The Morgan fingerprint density at radius 3 is 2.38 bits per heavy atom. The van der Waals surface area contributed by atoms with Gasteiger partial charge in [-0.25, -0.2) is 8.97 Å². The lowest BCUT2D eigenvalue weighted by molar-refractivity contribution is -0.510. The zero-order valence-corrected chi connectivity index (χ0v) is 19.8. The van der Waals surface area contributed by atoms with E-state index in [0.717, 1.165) is 30.8 Å². The van der Waals surface area contributed by atoms with Crippen molar-refractivity contribution in [2.75, 3.05) is 7.11 Å². The Balaban J connectivity index is 0.00000241. The number of imidazole rings is 1. The quantitative estimate of drug-likeness (QED) is 0.345. The molecule has 170 valence electrons. The highest BCUT2D eigenvalue weighted by Gasteiger charge is 2.19. The van der Waals surface area contributed by atoms with Gasteiger partial charge in [0.2, 0.25) is 0 Å². The Hall–Kier alpha value is -3.76. The molecule has 6 aromatic rings. The van der Waals surface area contributed by atoms with Crippen LogP contribution in [-0.4, -0.2) is 16.2 Å². The molecule has 5 heteroatoms. The molecular formula is C29H26ClN3O. The van der Waals surface area contributed by atoms with Gasteiger partial charge >= 0.3 is 0 Å². The highest BCUT2D eigenvalue weighted by Crippen LogP contribution is 2.31. The predicted molar refractivity (Wildman–Crippen MR) is 133 cm³/mol. The maximum absolute atomic E-state index is 5.32. The van der Waals surface area contributed by atoms with Crippen LogP contribution < -0.4 is 21.5 Å². The van der Waals surface area contributed by atoms with Gasteiger partial charge in [0.15, 0.2) is 5.52 Å².